The Hall–Kier alpha value is -1.85. The molecule has 0 amide bonds. The molecule has 0 aliphatic heterocycles. The fourth-order valence-electron chi connectivity index (χ4n) is 1.74. The van der Waals surface area contributed by atoms with Crippen LogP contribution in [0.4, 0.5) is 0 Å². The summed E-state index contributed by atoms with van der Waals surface area (Å²) in [5.41, 5.74) is 0.765. The third-order valence-corrected chi connectivity index (χ3v) is 3.60. The van der Waals surface area contributed by atoms with Crippen LogP contribution in [0, 0.1) is 0 Å². The number of thiophene rings is 1. The number of rotatable bonds is 5. The SMILES string of the molecule is COC(=O)[C@H](NCc1cccs1)c1ccc(O)cc1. The molecule has 1 atom stereocenters. The normalized spacial score (nSPS) is 12.1. The van der Waals surface area contributed by atoms with Crippen molar-refractivity contribution in [3.8, 4) is 5.75 Å². The Morgan fingerprint density at radius 3 is 2.68 bits per heavy atom. The number of esters is 1. The molecule has 0 fully saturated rings. The zero-order valence-corrected chi connectivity index (χ0v) is 11.3. The number of hydrogen-bond donors (Lipinski definition) is 2. The second-order valence-electron chi connectivity index (χ2n) is 4.01. The van der Waals surface area contributed by atoms with Crippen molar-refractivity contribution in [2.45, 2.75) is 12.6 Å². The Morgan fingerprint density at radius 1 is 1.37 bits per heavy atom. The predicted molar refractivity (Wildman–Crippen MR) is 74.0 cm³/mol. The average Bonchev–Trinajstić information content (AvgIpc) is 2.93. The van der Waals surface area contributed by atoms with Gasteiger partial charge in [-0.1, -0.05) is 18.2 Å². The number of phenols is 1. The van der Waals surface area contributed by atoms with Gasteiger partial charge >= 0.3 is 5.97 Å². The molecule has 0 saturated heterocycles. The molecule has 100 valence electrons. The highest BCUT2D eigenvalue weighted by molar-refractivity contribution is 7.09. The summed E-state index contributed by atoms with van der Waals surface area (Å²) in [7, 11) is 1.36. The van der Waals surface area contributed by atoms with E-state index in [0.717, 1.165) is 10.4 Å². The van der Waals surface area contributed by atoms with Crippen molar-refractivity contribution >= 4 is 17.3 Å². The summed E-state index contributed by atoms with van der Waals surface area (Å²) in [6.45, 7) is 0.596. The van der Waals surface area contributed by atoms with Gasteiger partial charge in [0.05, 0.1) is 7.11 Å². The molecule has 5 heteroatoms. The maximum Gasteiger partial charge on any atom is 0.327 e. The van der Waals surface area contributed by atoms with E-state index in [1.54, 1.807) is 35.6 Å². The van der Waals surface area contributed by atoms with Crippen molar-refractivity contribution in [1.82, 2.24) is 5.32 Å². The molecule has 2 N–H and O–H groups in total. The first-order chi connectivity index (χ1) is 9.20. The Bertz CT molecular complexity index is 522. The van der Waals surface area contributed by atoms with Crippen LogP contribution in [0.15, 0.2) is 41.8 Å². The molecule has 2 rings (SSSR count). The lowest BCUT2D eigenvalue weighted by atomic mass is 10.1. The van der Waals surface area contributed by atoms with E-state index in [4.69, 9.17) is 4.74 Å². The first-order valence-electron chi connectivity index (χ1n) is 5.83. The highest BCUT2D eigenvalue weighted by Gasteiger charge is 2.20. The molecule has 2 aromatic rings. The van der Waals surface area contributed by atoms with Gasteiger partial charge in [0.2, 0.25) is 0 Å². The van der Waals surface area contributed by atoms with Gasteiger partial charge in [0.25, 0.3) is 0 Å². The quantitative estimate of drug-likeness (QED) is 0.824. The Morgan fingerprint density at radius 2 is 2.11 bits per heavy atom. The van der Waals surface area contributed by atoms with E-state index >= 15 is 0 Å². The van der Waals surface area contributed by atoms with E-state index in [0.29, 0.717) is 6.54 Å². The van der Waals surface area contributed by atoms with E-state index in [1.165, 1.54) is 7.11 Å². The standard InChI is InChI=1S/C14H15NO3S/c1-18-14(17)13(10-4-6-11(16)7-5-10)15-9-12-3-2-8-19-12/h2-8,13,15-16H,9H2,1H3/t13-/m1/s1. The number of phenolic OH excluding ortho intramolecular Hbond substituents is 1. The third-order valence-electron chi connectivity index (χ3n) is 2.72. The van der Waals surface area contributed by atoms with Gasteiger partial charge in [-0.15, -0.1) is 11.3 Å². The van der Waals surface area contributed by atoms with Crippen molar-refractivity contribution in [3.63, 3.8) is 0 Å². The fourth-order valence-corrected chi connectivity index (χ4v) is 2.39. The number of ether oxygens (including phenoxy) is 1. The van der Waals surface area contributed by atoms with Gasteiger partial charge in [-0.3, -0.25) is 5.32 Å². The Balaban J connectivity index is 2.11. The maximum absolute atomic E-state index is 11.8. The lowest BCUT2D eigenvalue weighted by molar-refractivity contribution is -0.143. The van der Waals surface area contributed by atoms with E-state index in [2.05, 4.69) is 5.32 Å². The smallest absolute Gasteiger partial charge is 0.327 e. The van der Waals surface area contributed by atoms with Crippen LogP contribution in [0.5, 0.6) is 5.75 Å². The average molecular weight is 277 g/mol. The van der Waals surface area contributed by atoms with Gasteiger partial charge in [-0.05, 0) is 29.1 Å². The first kappa shape index (κ1) is 13.6. The molecule has 0 radical (unpaired) electrons. The van der Waals surface area contributed by atoms with Gasteiger partial charge in [-0.2, -0.15) is 0 Å². The van der Waals surface area contributed by atoms with Crippen LogP contribution in [0.2, 0.25) is 0 Å². The van der Waals surface area contributed by atoms with Crippen LogP contribution in [0.25, 0.3) is 0 Å². The number of benzene rings is 1. The topological polar surface area (TPSA) is 58.6 Å². The van der Waals surface area contributed by atoms with Crippen molar-refractivity contribution in [1.29, 1.82) is 0 Å². The lowest BCUT2D eigenvalue weighted by Gasteiger charge is -2.16. The summed E-state index contributed by atoms with van der Waals surface area (Å²) < 4.78 is 4.81. The Kier molecular flexibility index (Phi) is 4.54. The molecule has 1 heterocycles. The van der Waals surface area contributed by atoms with Crippen molar-refractivity contribution in [3.05, 3.63) is 52.2 Å². The zero-order chi connectivity index (χ0) is 13.7. The minimum Gasteiger partial charge on any atom is -0.508 e. The number of nitrogens with one attached hydrogen (secondary N) is 1. The highest BCUT2D eigenvalue weighted by atomic mass is 32.1. The second kappa shape index (κ2) is 6.36. The zero-order valence-electron chi connectivity index (χ0n) is 10.5. The van der Waals surface area contributed by atoms with E-state index < -0.39 is 6.04 Å². The molecule has 0 aliphatic carbocycles. The molecule has 19 heavy (non-hydrogen) atoms. The van der Waals surface area contributed by atoms with Crippen LogP contribution >= 0.6 is 11.3 Å². The second-order valence-corrected chi connectivity index (χ2v) is 5.04. The van der Waals surface area contributed by atoms with Crippen molar-refractivity contribution < 1.29 is 14.6 Å². The molecule has 1 aromatic heterocycles. The first-order valence-corrected chi connectivity index (χ1v) is 6.71. The van der Waals surface area contributed by atoms with Gasteiger partial charge in [0.1, 0.15) is 11.8 Å². The van der Waals surface area contributed by atoms with E-state index in [1.807, 2.05) is 17.5 Å². The molecular weight excluding hydrogens is 262 g/mol. The third kappa shape index (κ3) is 3.56. The van der Waals surface area contributed by atoms with E-state index in [-0.39, 0.29) is 11.7 Å². The molecular formula is C14H15NO3S. The van der Waals surface area contributed by atoms with Crippen LogP contribution in [0.3, 0.4) is 0 Å². The van der Waals surface area contributed by atoms with Crippen molar-refractivity contribution in [2.75, 3.05) is 7.11 Å². The summed E-state index contributed by atoms with van der Waals surface area (Å²) in [4.78, 5) is 13.0. The molecule has 0 aliphatic rings. The van der Waals surface area contributed by atoms with Crippen molar-refractivity contribution in [2.24, 2.45) is 0 Å². The van der Waals surface area contributed by atoms with E-state index in [9.17, 15) is 9.90 Å². The van der Waals surface area contributed by atoms with Crippen LogP contribution in [-0.4, -0.2) is 18.2 Å². The van der Waals surface area contributed by atoms with Crippen LogP contribution in [-0.2, 0) is 16.1 Å². The monoisotopic (exact) mass is 277 g/mol. The number of hydrogen-bond acceptors (Lipinski definition) is 5. The maximum atomic E-state index is 11.8. The molecule has 0 saturated carbocycles. The predicted octanol–water partition coefficient (Wildman–Crippen LogP) is 2.46. The highest BCUT2D eigenvalue weighted by Crippen LogP contribution is 2.19. The molecule has 0 spiro atoms. The largest absolute Gasteiger partial charge is 0.508 e. The number of carbonyl (C=O) groups is 1. The summed E-state index contributed by atoms with van der Waals surface area (Å²) in [5.74, 6) is -0.173. The van der Waals surface area contributed by atoms with Gasteiger partial charge in [0.15, 0.2) is 0 Å². The number of aromatic hydroxyl groups is 1. The van der Waals surface area contributed by atoms with Crippen LogP contribution in [0.1, 0.15) is 16.5 Å². The summed E-state index contributed by atoms with van der Waals surface area (Å²) >= 11 is 1.63. The lowest BCUT2D eigenvalue weighted by Crippen LogP contribution is -2.29. The molecule has 0 bridgehead atoms. The fraction of sp³-hybridized carbons (Fsp3) is 0.214. The summed E-state index contributed by atoms with van der Waals surface area (Å²) in [6.07, 6.45) is 0. The Labute approximate surface area is 115 Å². The molecule has 0 unspecified atom stereocenters. The molecule has 1 aromatic carbocycles. The molecule has 4 nitrogen and oxygen atoms in total. The summed E-state index contributed by atoms with van der Waals surface area (Å²) in [5, 5.41) is 14.4. The van der Waals surface area contributed by atoms with Crippen LogP contribution < -0.4 is 5.32 Å². The minimum atomic E-state index is -0.535. The van der Waals surface area contributed by atoms with Gasteiger partial charge in [0, 0.05) is 11.4 Å². The van der Waals surface area contributed by atoms with Gasteiger partial charge in [-0.25, -0.2) is 4.79 Å². The van der Waals surface area contributed by atoms with Gasteiger partial charge < -0.3 is 9.84 Å². The number of methoxy groups -OCH3 is 1. The summed E-state index contributed by atoms with van der Waals surface area (Å²) in [6, 6.07) is 9.96. The minimum absolute atomic E-state index is 0.172. The number of carbonyl (C=O) groups excluding carboxylic acids is 1.